The Labute approximate surface area is 89.8 Å². The van der Waals surface area contributed by atoms with Crippen LogP contribution in [0.5, 0.6) is 0 Å². The summed E-state index contributed by atoms with van der Waals surface area (Å²) in [6.45, 7) is 1.09. The molecule has 15 heavy (non-hydrogen) atoms. The molecule has 0 bridgehead atoms. The van der Waals surface area contributed by atoms with Crippen molar-refractivity contribution in [2.75, 3.05) is 13.1 Å². The van der Waals surface area contributed by atoms with Crippen molar-refractivity contribution in [2.24, 2.45) is 5.92 Å². The van der Waals surface area contributed by atoms with E-state index in [1.165, 1.54) is 19.3 Å². The van der Waals surface area contributed by atoms with Crippen molar-refractivity contribution in [2.45, 2.75) is 38.2 Å². The maximum Gasteiger partial charge on any atom is 0.410 e. The van der Waals surface area contributed by atoms with Crippen molar-refractivity contribution in [3.63, 3.8) is 0 Å². The van der Waals surface area contributed by atoms with Gasteiger partial charge in [-0.1, -0.05) is 6.42 Å². The normalized spacial score (nSPS) is 23.0. The van der Waals surface area contributed by atoms with Gasteiger partial charge in [-0.3, -0.25) is 0 Å². The molecule has 1 amide bonds. The van der Waals surface area contributed by atoms with Gasteiger partial charge in [-0.05, 0) is 25.7 Å². The highest BCUT2D eigenvalue weighted by Gasteiger charge is 2.32. The quantitative estimate of drug-likeness (QED) is 0.661. The molecule has 4 heteroatoms. The van der Waals surface area contributed by atoms with E-state index in [0.717, 1.165) is 12.8 Å². The molecule has 1 saturated carbocycles. The zero-order valence-corrected chi connectivity index (χ0v) is 8.82. The smallest absolute Gasteiger partial charge is 0.410 e. The average Bonchev–Trinajstić information content (AvgIpc) is 2.17. The van der Waals surface area contributed by atoms with E-state index in [1.54, 1.807) is 4.90 Å². The molecule has 1 aliphatic carbocycles. The topological polar surface area (TPSA) is 53.3 Å². The van der Waals surface area contributed by atoms with Crippen molar-refractivity contribution >= 4 is 6.09 Å². The lowest BCUT2D eigenvalue weighted by Gasteiger charge is -2.35. The first-order valence-electron chi connectivity index (χ1n) is 5.65. The summed E-state index contributed by atoms with van der Waals surface area (Å²) in [5, 5.41) is 8.58. The van der Waals surface area contributed by atoms with Gasteiger partial charge in [-0.25, -0.2) is 4.79 Å². The van der Waals surface area contributed by atoms with E-state index in [0.29, 0.717) is 13.1 Å². The van der Waals surface area contributed by atoms with Gasteiger partial charge in [0.15, 0.2) is 0 Å². The minimum Gasteiger partial charge on any atom is -0.446 e. The second kappa shape index (κ2) is 4.52. The monoisotopic (exact) mass is 208 g/mol. The Balaban J connectivity index is 1.71. The van der Waals surface area contributed by atoms with Crippen LogP contribution >= 0.6 is 0 Å². The van der Waals surface area contributed by atoms with Gasteiger partial charge in [0, 0.05) is 13.1 Å². The lowest BCUT2D eigenvalue weighted by atomic mass is 9.98. The maximum absolute atomic E-state index is 11.5. The van der Waals surface area contributed by atoms with Crippen LogP contribution in [0.4, 0.5) is 4.79 Å². The van der Waals surface area contributed by atoms with Gasteiger partial charge < -0.3 is 9.64 Å². The number of amides is 1. The molecule has 0 spiro atoms. The van der Waals surface area contributed by atoms with E-state index >= 15 is 0 Å². The maximum atomic E-state index is 11.5. The molecular formula is C11H16N2O2. The Morgan fingerprint density at radius 2 is 1.93 bits per heavy atom. The van der Waals surface area contributed by atoms with E-state index in [-0.39, 0.29) is 18.1 Å². The van der Waals surface area contributed by atoms with Crippen molar-refractivity contribution in [3.05, 3.63) is 0 Å². The van der Waals surface area contributed by atoms with Gasteiger partial charge in [0.05, 0.1) is 12.0 Å². The van der Waals surface area contributed by atoms with E-state index in [2.05, 4.69) is 6.07 Å². The number of hydrogen-bond acceptors (Lipinski definition) is 3. The van der Waals surface area contributed by atoms with Gasteiger partial charge in [0.1, 0.15) is 6.10 Å². The van der Waals surface area contributed by atoms with Gasteiger partial charge in [0.25, 0.3) is 0 Å². The average molecular weight is 208 g/mol. The number of carbonyl (C=O) groups is 1. The first kappa shape index (κ1) is 10.3. The third-order valence-corrected chi connectivity index (χ3v) is 3.14. The van der Waals surface area contributed by atoms with Crippen LogP contribution in [0.2, 0.25) is 0 Å². The fourth-order valence-corrected chi connectivity index (χ4v) is 2.11. The zero-order valence-electron chi connectivity index (χ0n) is 8.82. The van der Waals surface area contributed by atoms with Crippen LogP contribution in [-0.2, 0) is 4.74 Å². The number of rotatable bonds is 1. The molecule has 0 unspecified atom stereocenters. The number of ether oxygens (including phenoxy) is 1. The van der Waals surface area contributed by atoms with Crippen LogP contribution in [0.1, 0.15) is 32.1 Å². The van der Waals surface area contributed by atoms with E-state index < -0.39 is 0 Å². The molecule has 1 saturated heterocycles. The van der Waals surface area contributed by atoms with Crippen LogP contribution in [0.25, 0.3) is 0 Å². The van der Waals surface area contributed by atoms with E-state index in [4.69, 9.17) is 10.00 Å². The molecule has 4 nitrogen and oxygen atoms in total. The van der Waals surface area contributed by atoms with Crippen LogP contribution in [0, 0.1) is 17.2 Å². The molecule has 0 atom stereocenters. The molecule has 0 aromatic carbocycles. The summed E-state index contributed by atoms with van der Waals surface area (Å²) >= 11 is 0. The van der Waals surface area contributed by atoms with Crippen LogP contribution in [0.3, 0.4) is 0 Å². The lowest BCUT2D eigenvalue weighted by molar-refractivity contribution is 0.0238. The van der Waals surface area contributed by atoms with Crippen molar-refractivity contribution in [3.8, 4) is 6.07 Å². The highest BCUT2D eigenvalue weighted by atomic mass is 16.6. The van der Waals surface area contributed by atoms with Crippen molar-refractivity contribution in [1.29, 1.82) is 5.26 Å². The van der Waals surface area contributed by atoms with Gasteiger partial charge in [0.2, 0.25) is 0 Å². The summed E-state index contributed by atoms with van der Waals surface area (Å²) in [7, 11) is 0. The summed E-state index contributed by atoms with van der Waals surface area (Å²) in [4.78, 5) is 13.2. The van der Waals surface area contributed by atoms with Crippen LogP contribution in [-0.4, -0.2) is 30.2 Å². The van der Waals surface area contributed by atoms with Gasteiger partial charge in [-0.15, -0.1) is 0 Å². The molecule has 2 fully saturated rings. The minimum atomic E-state index is -0.228. The Hall–Kier alpha value is -1.24. The molecule has 1 heterocycles. The standard InChI is InChI=1S/C11H16N2O2/c12-6-9-7-13(8-9)11(14)15-10-4-2-1-3-5-10/h9-10H,1-5,7-8H2. The predicted octanol–water partition coefficient (Wildman–Crippen LogP) is 1.91. The second-order valence-electron chi connectivity index (χ2n) is 4.37. The largest absolute Gasteiger partial charge is 0.446 e. The fraction of sp³-hybridized carbons (Fsp3) is 0.818. The minimum absolute atomic E-state index is 0.0175. The Kier molecular flexibility index (Phi) is 3.10. The highest BCUT2D eigenvalue weighted by molar-refractivity contribution is 5.69. The molecule has 0 radical (unpaired) electrons. The fourth-order valence-electron chi connectivity index (χ4n) is 2.11. The SMILES string of the molecule is N#CC1CN(C(=O)OC2CCCCC2)C1. The summed E-state index contributed by atoms with van der Waals surface area (Å²) in [6, 6.07) is 2.14. The number of carbonyl (C=O) groups excluding carboxylic acids is 1. The number of nitriles is 1. The molecule has 0 aromatic heterocycles. The Morgan fingerprint density at radius 1 is 1.27 bits per heavy atom. The molecule has 2 rings (SSSR count). The van der Waals surface area contributed by atoms with Crippen molar-refractivity contribution in [1.82, 2.24) is 4.90 Å². The Morgan fingerprint density at radius 3 is 2.53 bits per heavy atom. The summed E-state index contributed by atoms with van der Waals surface area (Å²) in [5.74, 6) is 0.0175. The van der Waals surface area contributed by atoms with Gasteiger partial charge in [-0.2, -0.15) is 5.26 Å². The zero-order chi connectivity index (χ0) is 10.7. The summed E-state index contributed by atoms with van der Waals surface area (Å²) in [6.07, 6.45) is 5.48. The first-order valence-corrected chi connectivity index (χ1v) is 5.65. The first-order chi connectivity index (χ1) is 7.29. The summed E-state index contributed by atoms with van der Waals surface area (Å²) in [5.41, 5.74) is 0. The molecule has 2 aliphatic rings. The van der Waals surface area contributed by atoms with Crippen LogP contribution in [0.15, 0.2) is 0 Å². The molecular weight excluding hydrogens is 192 g/mol. The molecule has 1 aliphatic heterocycles. The molecule has 0 N–H and O–H groups in total. The lowest BCUT2D eigenvalue weighted by Crippen LogP contribution is -2.50. The third-order valence-electron chi connectivity index (χ3n) is 3.14. The third kappa shape index (κ3) is 2.41. The predicted molar refractivity (Wildman–Crippen MR) is 54.0 cm³/mol. The Bertz CT molecular complexity index is 273. The highest BCUT2D eigenvalue weighted by Crippen LogP contribution is 2.23. The second-order valence-corrected chi connectivity index (χ2v) is 4.37. The number of hydrogen-bond donors (Lipinski definition) is 0. The van der Waals surface area contributed by atoms with E-state index in [9.17, 15) is 4.79 Å². The van der Waals surface area contributed by atoms with Crippen LogP contribution < -0.4 is 0 Å². The van der Waals surface area contributed by atoms with Crippen molar-refractivity contribution < 1.29 is 9.53 Å². The van der Waals surface area contributed by atoms with E-state index in [1.807, 2.05) is 0 Å². The molecule has 82 valence electrons. The summed E-state index contributed by atoms with van der Waals surface area (Å²) < 4.78 is 5.37. The number of likely N-dealkylation sites (tertiary alicyclic amines) is 1. The van der Waals surface area contributed by atoms with Gasteiger partial charge >= 0.3 is 6.09 Å². The number of nitrogens with zero attached hydrogens (tertiary/aromatic N) is 2. The molecule has 0 aromatic rings.